The minimum Gasteiger partial charge on any atom is -0.310 e. The van der Waals surface area contributed by atoms with Gasteiger partial charge in [0.15, 0.2) is 0 Å². The quantitative estimate of drug-likeness (QED) is 0.178. The first kappa shape index (κ1) is 30.8. The summed E-state index contributed by atoms with van der Waals surface area (Å²) in [6.07, 6.45) is 8.30. The summed E-state index contributed by atoms with van der Waals surface area (Å²) in [5.74, 6) is 3.55. The van der Waals surface area contributed by atoms with Gasteiger partial charge >= 0.3 is 0 Å². The molecule has 2 bridgehead atoms. The van der Waals surface area contributed by atoms with E-state index in [1.54, 1.807) is 11.1 Å². The highest BCUT2D eigenvalue weighted by molar-refractivity contribution is 5.96. The summed E-state index contributed by atoms with van der Waals surface area (Å²) in [6, 6.07) is 49.4. The Kier molecular flexibility index (Phi) is 5.88. The van der Waals surface area contributed by atoms with Gasteiger partial charge in [0.1, 0.15) is 0 Å². The summed E-state index contributed by atoms with van der Waals surface area (Å²) in [6.45, 7) is 9.80. The number of benzene rings is 6. The summed E-state index contributed by atoms with van der Waals surface area (Å²) >= 11 is 0. The molecule has 1 nitrogen and oxygen atoms in total. The molecule has 4 fully saturated rings. The van der Waals surface area contributed by atoms with Gasteiger partial charge in [-0.3, -0.25) is 0 Å². The van der Waals surface area contributed by atoms with Gasteiger partial charge < -0.3 is 4.90 Å². The van der Waals surface area contributed by atoms with E-state index in [1.165, 1.54) is 99.7 Å². The van der Waals surface area contributed by atoms with Crippen LogP contribution < -0.4 is 4.90 Å². The van der Waals surface area contributed by atoms with Crippen molar-refractivity contribution in [3.05, 3.63) is 150 Å². The zero-order valence-corrected chi connectivity index (χ0v) is 31.6. The van der Waals surface area contributed by atoms with Crippen molar-refractivity contribution in [3.8, 4) is 22.3 Å². The number of nitrogens with zero attached hydrogens (tertiary/aromatic N) is 1. The van der Waals surface area contributed by atoms with E-state index in [4.69, 9.17) is 0 Å². The van der Waals surface area contributed by atoms with E-state index in [-0.39, 0.29) is 16.2 Å². The van der Waals surface area contributed by atoms with Gasteiger partial charge in [-0.25, -0.2) is 0 Å². The Balaban J connectivity index is 1.06. The van der Waals surface area contributed by atoms with E-state index in [0.717, 1.165) is 23.7 Å². The van der Waals surface area contributed by atoms with Crippen LogP contribution in [0.4, 0.5) is 17.1 Å². The Morgan fingerprint density at radius 2 is 1.23 bits per heavy atom. The second-order valence-electron chi connectivity index (χ2n) is 19.2. The number of fused-ring (bicyclic) bond motifs is 10. The molecule has 53 heavy (non-hydrogen) atoms. The molecule has 6 unspecified atom stereocenters. The Morgan fingerprint density at radius 1 is 0.528 bits per heavy atom. The van der Waals surface area contributed by atoms with Crippen LogP contribution in [0, 0.1) is 29.1 Å². The largest absolute Gasteiger partial charge is 0.310 e. The minimum atomic E-state index is 0.130. The van der Waals surface area contributed by atoms with Crippen molar-refractivity contribution in [3.63, 3.8) is 0 Å². The van der Waals surface area contributed by atoms with E-state index in [1.807, 2.05) is 0 Å². The molecule has 262 valence electrons. The van der Waals surface area contributed by atoms with Crippen molar-refractivity contribution in [2.75, 3.05) is 4.90 Å². The Morgan fingerprint density at radius 3 is 2.06 bits per heavy atom. The summed E-state index contributed by atoms with van der Waals surface area (Å²) < 4.78 is 0. The van der Waals surface area contributed by atoms with Crippen LogP contribution >= 0.6 is 0 Å². The molecule has 0 amide bonds. The van der Waals surface area contributed by atoms with Crippen molar-refractivity contribution in [1.82, 2.24) is 0 Å². The summed E-state index contributed by atoms with van der Waals surface area (Å²) in [4.78, 5) is 2.62. The Labute approximate surface area is 315 Å². The molecule has 6 aromatic rings. The van der Waals surface area contributed by atoms with Gasteiger partial charge in [-0.1, -0.05) is 119 Å². The number of anilines is 3. The maximum absolute atomic E-state index is 2.62. The lowest BCUT2D eigenvalue weighted by Crippen LogP contribution is -2.73. The highest BCUT2D eigenvalue weighted by Crippen LogP contribution is 2.89. The van der Waals surface area contributed by atoms with Gasteiger partial charge in [0.05, 0.1) is 5.69 Å². The third kappa shape index (κ3) is 3.75. The second kappa shape index (κ2) is 10.1. The van der Waals surface area contributed by atoms with E-state index >= 15 is 0 Å². The first-order chi connectivity index (χ1) is 25.7. The SMILES string of the molecule is CC1(C)CCC(C)(C)c2cc(N(c3ccc(-c4ccc5ccccc5c4)cc3)c3cccc4c3-c3ccccc3C43C4CC5CC6CC3C64C5)ccc21. The highest BCUT2D eigenvalue weighted by Gasteiger charge is 2.84. The van der Waals surface area contributed by atoms with E-state index in [0.29, 0.717) is 5.41 Å². The smallest absolute Gasteiger partial charge is 0.0543 e. The average Bonchev–Trinajstić information content (AvgIpc) is 3.81. The van der Waals surface area contributed by atoms with Gasteiger partial charge in [0.2, 0.25) is 0 Å². The summed E-state index contributed by atoms with van der Waals surface area (Å²) in [7, 11) is 0. The normalized spacial score (nSPS) is 29.9. The minimum absolute atomic E-state index is 0.130. The maximum atomic E-state index is 2.62. The van der Waals surface area contributed by atoms with Gasteiger partial charge in [-0.05, 0) is 165 Å². The number of hydrogen-bond acceptors (Lipinski definition) is 1. The van der Waals surface area contributed by atoms with Gasteiger partial charge in [0.25, 0.3) is 0 Å². The first-order valence-corrected chi connectivity index (χ1v) is 20.5. The average molecular weight is 688 g/mol. The number of rotatable bonds is 4. The lowest BCUT2D eigenvalue weighted by atomic mass is 9.27. The van der Waals surface area contributed by atoms with Crippen molar-refractivity contribution in [2.45, 2.75) is 82.5 Å². The van der Waals surface area contributed by atoms with Crippen molar-refractivity contribution >= 4 is 27.8 Å². The predicted octanol–water partition coefficient (Wildman–Crippen LogP) is 13.7. The van der Waals surface area contributed by atoms with Crippen LogP contribution in [0.15, 0.2) is 127 Å². The zero-order chi connectivity index (χ0) is 35.5. The molecule has 2 spiro atoms. The Bertz CT molecular complexity index is 2520. The molecule has 6 aliphatic rings. The Hall–Kier alpha value is -4.62. The molecule has 0 heterocycles. The summed E-state index contributed by atoms with van der Waals surface area (Å²) in [5.41, 5.74) is 16.7. The fourth-order valence-corrected chi connectivity index (χ4v) is 13.9. The lowest BCUT2D eigenvalue weighted by Gasteiger charge is -2.76. The standard InChI is InChI=1S/C52H49N/c1-49(2)24-25-50(3,4)44-30-39(22-23-42(44)49)53(38-20-18-34(19-21-38)36-17-16-33-10-5-6-11-35(33)28-36)45-15-9-14-43-48(45)40-12-7-8-13-41(40)52(43)46-27-32-26-37-29-47(52)51(37,46)31-32/h5-23,28,30,32,37,46-47H,24-27,29,31H2,1-4H3. The molecule has 4 saturated carbocycles. The summed E-state index contributed by atoms with van der Waals surface area (Å²) in [5, 5.41) is 2.57. The van der Waals surface area contributed by atoms with E-state index < -0.39 is 0 Å². The van der Waals surface area contributed by atoms with Gasteiger partial charge in [0, 0.05) is 22.4 Å². The molecule has 6 aliphatic carbocycles. The lowest BCUT2D eigenvalue weighted by molar-refractivity contribution is -0.231. The molecule has 0 aliphatic heterocycles. The van der Waals surface area contributed by atoms with Gasteiger partial charge in [-0.15, -0.1) is 0 Å². The first-order valence-electron chi connectivity index (χ1n) is 20.5. The fraction of sp³-hybridized carbons (Fsp3) is 0.346. The molecular weight excluding hydrogens is 639 g/mol. The second-order valence-corrected chi connectivity index (χ2v) is 19.2. The monoisotopic (exact) mass is 687 g/mol. The van der Waals surface area contributed by atoms with Crippen molar-refractivity contribution in [1.29, 1.82) is 0 Å². The maximum Gasteiger partial charge on any atom is 0.0543 e. The molecular formula is C52H49N. The van der Waals surface area contributed by atoms with Crippen LogP contribution in [0.5, 0.6) is 0 Å². The van der Waals surface area contributed by atoms with Crippen LogP contribution in [0.2, 0.25) is 0 Å². The van der Waals surface area contributed by atoms with Crippen LogP contribution in [0.3, 0.4) is 0 Å². The van der Waals surface area contributed by atoms with Gasteiger partial charge in [-0.2, -0.15) is 0 Å². The number of hydrogen-bond donors (Lipinski definition) is 0. The molecule has 0 aromatic heterocycles. The van der Waals surface area contributed by atoms with Crippen LogP contribution in [-0.4, -0.2) is 0 Å². The molecule has 1 heteroatoms. The van der Waals surface area contributed by atoms with Crippen LogP contribution in [-0.2, 0) is 16.2 Å². The third-order valence-electron chi connectivity index (χ3n) is 16.2. The molecule has 0 radical (unpaired) electrons. The predicted molar refractivity (Wildman–Crippen MR) is 220 cm³/mol. The van der Waals surface area contributed by atoms with Crippen LogP contribution in [0.1, 0.15) is 88.5 Å². The van der Waals surface area contributed by atoms with E-state index in [9.17, 15) is 0 Å². The fourth-order valence-electron chi connectivity index (χ4n) is 13.9. The van der Waals surface area contributed by atoms with Crippen molar-refractivity contribution in [2.24, 2.45) is 29.1 Å². The topological polar surface area (TPSA) is 3.24 Å². The van der Waals surface area contributed by atoms with Crippen LogP contribution in [0.25, 0.3) is 33.0 Å². The zero-order valence-electron chi connectivity index (χ0n) is 31.6. The van der Waals surface area contributed by atoms with Crippen molar-refractivity contribution < 1.29 is 0 Å². The molecule has 12 rings (SSSR count). The molecule has 0 saturated heterocycles. The molecule has 6 atom stereocenters. The molecule has 0 N–H and O–H groups in total. The highest BCUT2D eigenvalue weighted by atomic mass is 15.1. The third-order valence-corrected chi connectivity index (χ3v) is 16.2. The van der Waals surface area contributed by atoms with E-state index in [2.05, 4.69) is 160 Å². The molecule has 6 aromatic carbocycles.